The van der Waals surface area contributed by atoms with Gasteiger partial charge in [0.1, 0.15) is 5.75 Å². The van der Waals surface area contributed by atoms with Crippen molar-refractivity contribution >= 4 is 27.4 Å². The number of rotatable bonds is 6. The van der Waals surface area contributed by atoms with Crippen LogP contribution in [0.25, 0.3) is 0 Å². The number of methoxy groups -OCH3 is 1. The second-order valence-corrected chi connectivity index (χ2v) is 8.57. The van der Waals surface area contributed by atoms with Gasteiger partial charge in [-0.15, -0.1) is 0 Å². The van der Waals surface area contributed by atoms with E-state index >= 15 is 0 Å². The maximum atomic E-state index is 12.5. The number of amides is 2. The molecule has 2 aromatic carbocycles. The fourth-order valence-electron chi connectivity index (χ4n) is 3.00. The minimum Gasteiger partial charge on any atom is -0.495 e. The molecule has 3 N–H and O–H groups in total. The predicted octanol–water partition coefficient (Wildman–Crippen LogP) is 3.19. The number of aryl methyl sites for hydroxylation is 1. The highest BCUT2D eigenvalue weighted by Gasteiger charge is 2.45. The molecule has 1 saturated carbocycles. The third-order valence-corrected chi connectivity index (χ3v) is 5.02. The van der Waals surface area contributed by atoms with Gasteiger partial charge in [0.15, 0.2) is 0 Å². The van der Waals surface area contributed by atoms with Crippen LogP contribution in [0.5, 0.6) is 5.75 Å². The van der Waals surface area contributed by atoms with Gasteiger partial charge in [-0.1, -0.05) is 29.8 Å². The molecule has 8 heteroatoms. The molecule has 144 valence electrons. The summed E-state index contributed by atoms with van der Waals surface area (Å²) in [7, 11) is -2.03. The molecule has 0 radical (unpaired) electrons. The van der Waals surface area contributed by atoms with Crippen molar-refractivity contribution < 1.29 is 17.9 Å². The highest BCUT2D eigenvalue weighted by Crippen LogP contribution is 2.45. The van der Waals surface area contributed by atoms with Crippen LogP contribution >= 0.6 is 0 Å². The number of ether oxygens (including phenoxy) is 1. The first-order valence-corrected chi connectivity index (χ1v) is 10.4. The van der Waals surface area contributed by atoms with Gasteiger partial charge in [-0.3, -0.25) is 4.72 Å². The molecule has 2 amide bonds. The fraction of sp³-hybridized carbons (Fsp3) is 0.316. The quantitative estimate of drug-likeness (QED) is 0.707. The minimum absolute atomic E-state index is 0.262. The van der Waals surface area contributed by atoms with E-state index in [4.69, 9.17) is 4.74 Å². The molecular formula is C19H23N3O4S. The number of hydrogen-bond acceptors (Lipinski definition) is 4. The van der Waals surface area contributed by atoms with Crippen molar-refractivity contribution in [3.63, 3.8) is 0 Å². The van der Waals surface area contributed by atoms with Crippen LogP contribution in [-0.2, 0) is 15.6 Å². The van der Waals surface area contributed by atoms with E-state index < -0.39 is 10.0 Å². The summed E-state index contributed by atoms with van der Waals surface area (Å²) < 4.78 is 30.6. The predicted molar refractivity (Wildman–Crippen MR) is 106 cm³/mol. The minimum atomic E-state index is -3.47. The molecule has 3 rings (SSSR count). The maximum absolute atomic E-state index is 12.5. The van der Waals surface area contributed by atoms with E-state index in [1.165, 1.54) is 13.2 Å². The zero-order chi connectivity index (χ0) is 19.7. The number of urea groups is 1. The molecule has 0 aromatic heterocycles. The van der Waals surface area contributed by atoms with Gasteiger partial charge in [0.25, 0.3) is 0 Å². The normalized spacial score (nSPS) is 14.9. The van der Waals surface area contributed by atoms with E-state index in [1.54, 1.807) is 12.1 Å². The van der Waals surface area contributed by atoms with E-state index in [1.807, 2.05) is 25.1 Å². The monoisotopic (exact) mass is 389 g/mol. The van der Waals surface area contributed by atoms with Crippen molar-refractivity contribution in [2.45, 2.75) is 25.3 Å². The summed E-state index contributed by atoms with van der Waals surface area (Å²) in [5.41, 5.74) is 2.62. The number of hydrogen-bond donors (Lipinski definition) is 3. The number of benzene rings is 2. The van der Waals surface area contributed by atoms with Gasteiger partial charge < -0.3 is 15.4 Å². The van der Waals surface area contributed by atoms with Crippen molar-refractivity contribution in [3.05, 3.63) is 53.6 Å². The number of anilines is 2. The molecule has 0 saturated heterocycles. The standard InChI is InChI=1S/C19H23N3O4S/c1-13-5-4-6-14(11-13)19(9-10-19)21-18(23)20-15-7-8-17(26-2)16(12-15)22-27(3,24)25/h4-8,11-12,22H,9-10H2,1-3H3,(H2,20,21,23). The Bertz CT molecular complexity index is 969. The Morgan fingerprint density at radius 3 is 2.48 bits per heavy atom. The summed E-state index contributed by atoms with van der Waals surface area (Å²) >= 11 is 0. The molecular weight excluding hydrogens is 366 g/mol. The third kappa shape index (κ3) is 4.71. The Kier molecular flexibility index (Phi) is 5.01. The molecule has 1 aliphatic carbocycles. The van der Waals surface area contributed by atoms with Crippen molar-refractivity contribution in [2.75, 3.05) is 23.4 Å². The van der Waals surface area contributed by atoms with Crippen LogP contribution in [0, 0.1) is 6.92 Å². The van der Waals surface area contributed by atoms with Crippen LogP contribution in [0.15, 0.2) is 42.5 Å². The lowest BCUT2D eigenvalue weighted by atomic mass is 10.0. The lowest BCUT2D eigenvalue weighted by molar-refractivity contribution is 0.247. The fourth-order valence-corrected chi connectivity index (χ4v) is 3.56. The summed E-state index contributed by atoms with van der Waals surface area (Å²) in [6.07, 6.45) is 2.82. The molecule has 1 fully saturated rings. The Morgan fingerprint density at radius 1 is 1.15 bits per heavy atom. The summed E-state index contributed by atoms with van der Waals surface area (Å²) in [6, 6.07) is 12.5. The molecule has 27 heavy (non-hydrogen) atoms. The zero-order valence-corrected chi connectivity index (χ0v) is 16.3. The van der Waals surface area contributed by atoms with Crippen LogP contribution in [0.3, 0.4) is 0 Å². The van der Waals surface area contributed by atoms with Crippen LogP contribution < -0.4 is 20.1 Å². The number of sulfonamides is 1. The highest BCUT2D eigenvalue weighted by atomic mass is 32.2. The Labute approximate surface area is 159 Å². The number of carbonyl (C=O) groups excluding carboxylic acids is 1. The molecule has 7 nitrogen and oxygen atoms in total. The lowest BCUT2D eigenvalue weighted by Crippen LogP contribution is -2.38. The van der Waals surface area contributed by atoms with Crippen LogP contribution in [0.2, 0.25) is 0 Å². The van der Waals surface area contributed by atoms with E-state index in [-0.39, 0.29) is 17.3 Å². The zero-order valence-electron chi connectivity index (χ0n) is 15.5. The average Bonchev–Trinajstić information content (AvgIpc) is 3.34. The molecule has 0 heterocycles. The van der Waals surface area contributed by atoms with Gasteiger partial charge in [-0.25, -0.2) is 13.2 Å². The van der Waals surface area contributed by atoms with E-state index in [0.29, 0.717) is 11.4 Å². The van der Waals surface area contributed by atoms with Gasteiger partial charge in [-0.05, 0) is 43.5 Å². The van der Waals surface area contributed by atoms with Crippen LogP contribution in [0.4, 0.5) is 16.2 Å². The Hall–Kier alpha value is -2.74. The Balaban J connectivity index is 1.74. The first-order valence-electron chi connectivity index (χ1n) is 8.53. The largest absolute Gasteiger partial charge is 0.495 e. The SMILES string of the molecule is COc1ccc(NC(=O)NC2(c3cccc(C)c3)CC2)cc1NS(C)(=O)=O. The molecule has 0 unspecified atom stereocenters. The number of carbonyl (C=O) groups is 1. The van der Waals surface area contributed by atoms with Gasteiger partial charge in [-0.2, -0.15) is 0 Å². The topological polar surface area (TPSA) is 96.5 Å². The van der Waals surface area contributed by atoms with Gasteiger partial charge in [0.2, 0.25) is 10.0 Å². The van der Waals surface area contributed by atoms with Crippen molar-refractivity contribution in [1.29, 1.82) is 0 Å². The summed E-state index contributed by atoms with van der Waals surface area (Å²) in [4.78, 5) is 12.5. The van der Waals surface area contributed by atoms with Crippen molar-refractivity contribution in [3.8, 4) is 5.75 Å². The van der Waals surface area contributed by atoms with Crippen LogP contribution in [-0.4, -0.2) is 27.8 Å². The third-order valence-electron chi connectivity index (χ3n) is 4.43. The van der Waals surface area contributed by atoms with Crippen molar-refractivity contribution in [2.24, 2.45) is 0 Å². The van der Waals surface area contributed by atoms with Gasteiger partial charge in [0, 0.05) is 5.69 Å². The van der Waals surface area contributed by atoms with E-state index in [0.717, 1.165) is 30.2 Å². The van der Waals surface area contributed by atoms with E-state index in [9.17, 15) is 13.2 Å². The first-order chi connectivity index (χ1) is 12.7. The Morgan fingerprint density at radius 2 is 1.89 bits per heavy atom. The summed E-state index contributed by atoms with van der Waals surface area (Å²) in [6.45, 7) is 2.02. The number of nitrogens with one attached hydrogen (secondary N) is 3. The first kappa shape index (κ1) is 19.0. The maximum Gasteiger partial charge on any atom is 0.319 e. The smallest absolute Gasteiger partial charge is 0.319 e. The second kappa shape index (κ2) is 7.11. The lowest BCUT2D eigenvalue weighted by Gasteiger charge is -2.19. The summed E-state index contributed by atoms with van der Waals surface area (Å²) in [5, 5.41) is 5.80. The second-order valence-electron chi connectivity index (χ2n) is 6.82. The molecule has 0 spiro atoms. The molecule has 0 bridgehead atoms. The molecule has 2 aromatic rings. The van der Waals surface area contributed by atoms with Gasteiger partial charge >= 0.3 is 6.03 Å². The molecule has 0 aliphatic heterocycles. The highest BCUT2D eigenvalue weighted by molar-refractivity contribution is 7.92. The average molecular weight is 389 g/mol. The summed E-state index contributed by atoms with van der Waals surface area (Å²) in [5.74, 6) is 0.366. The van der Waals surface area contributed by atoms with Crippen molar-refractivity contribution in [1.82, 2.24) is 5.32 Å². The molecule has 0 atom stereocenters. The molecule has 1 aliphatic rings. The van der Waals surface area contributed by atoms with Crippen LogP contribution in [0.1, 0.15) is 24.0 Å². The van der Waals surface area contributed by atoms with Gasteiger partial charge in [0.05, 0.1) is 24.6 Å². The van der Waals surface area contributed by atoms with E-state index in [2.05, 4.69) is 21.4 Å².